The fourth-order valence-corrected chi connectivity index (χ4v) is 3.14. The van der Waals surface area contributed by atoms with Crippen LogP contribution in [0.1, 0.15) is 31.7 Å². The van der Waals surface area contributed by atoms with E-state index in [1.807, 2.05) is 37.3 Å². The van der Waals surface area contributed by atoms with Gasteiger partial charge >= 0.3 is 12.0 Å². The fourth-order valence-electron chi connectivity index (χ4n) is 3.14. The van der Waals surface area contributed by atoms with E-state index in [0.29, 0.717) is 13.1 Å². The van der Waals surface area contributed by atoms with E-state index in [9.17, 15) is 19.8 Å². The van der Waals surface area contributed by atoms with Crippen LogP contribution in [0.3, 0.4) is 0 Å². The number of aliphatic hydroxyl groups is 1. The highest BCUT2D eigenvalue weighted by Gasteiger charge is 2.49. The first-order valence-electron chi connectivity index (χ1n) is 8.48. The van der Waals surface area contributed by atoms with Crippen LogP contribution in [0.5, 0.6) is 0 Å². The number of β-amino-alcohol motifs (C(OH)–C–C–N with tert-alkyl or cyclic N) is 1. The third kappa shape index (κ3) is 4.06. The quantitative estimate of drug-likeness (QED) is 0.693. The van der Waals surface area contributed by atoms with Crippen molar-refractivity contribution < 1.29 is 19.8 Å². The third-order valence-electron chi connectivity index (χ3n) is 4.74. The first-order valence-corrected chi connectivity index (χ1v) is 8.48. The minimum Gasteiger partial charge on any atom is -0.481 e. The van der Waals surface area contributed by atoms with Gasteiger partial charge in [-0.3, -0.25) is 4.79 Å². The van der Waals surface area contributed by atoms with Gasteiger partial charge < -0.3 is 20.4 Å². The molecule has 132 valence electrons. The van der Waals surface area contributed by atoms with Crippen molar-refractivity contribution in [2.75, 3.05) is 19.6 Å². The molecule has 2 amide bonds. The van der Waals surface area contributed by atoms with Crippen molar-refractivity contribution in [2.24, 2.45) is 5.41 Å². The Bertz CT molecular complexity index is 563. The van der Waals surface area contributed by atoms with E-state index in [0.717, 1.165) is 18.4 Å². The number of unbranched alkanes of at least 4 members (excludes halogenated alkanes) is 1. The van der Waals surface area contributed by atoms with Gasteiger partial charge in [-0.15, -0.1) is 0 Å². The summed E-state index contributed by atoms with van der Waals surface area (Å²) in [7, 11) is 0. The summed E-state index contributed by atoms with van der Waals surface area (Å²) in [5, 5.41) is 23.1. The first kappa shape index (κ1) is 18.3. The maximum atomic E-state index is 12.1. The lowest BCUT2D eigenvalue weighted by Gasteiger charge is -2.42. The monoisotopic (exact) mass is 334 g/mol. The Morgan fingerprint density at radius 2 is 2.04 bits per heavy atom. The van der Waals surface area contributed by atoms with Crippen LogP contribution in [0.4, 0.5) is 4.79 Å². The van der Waals surface area contributed by atoms with Crippen molar-refractivity contribution in [1.29, 1.82) is 0 Å². The number of carboxylic acids is 1. The molecule has 24 heavy (non-hydrogen) atoms. The number of carboxylic acid groups (broad SMARTS) is 1. The van der Waals surface area contributed by atoms with Gasteiger partial charge in [-0.25, -0.2) is 4.79 Å². The van der Waals surface area contributed by atoms with Gasteiger partial charge in [0, 0.05) is 19.6 Å². The van der Waals surface area contributed by atoms with Gasteiger partial charge in [0.15, 0.2) is 0 Å². The topological polar surface area (TPSA) is 89.9 Å². The molecule has 1 aliphatic rings. The van der Waals surface area contributed by atoms with Crippen LogP contribution in [-0.2, 0) is 11.2 Å². The molecule has 0 bridgehead atoms. The van der Waals surface area contributed by atoms with Crippen molar-refractivity contribution in [2.45, 2.75) is 38.7 Å². The normalized spacial score (nSPS) is 23.8. The highest BCUT2D eigenvalue weighted by molar-refractivity contribution is 5.78. The third-order valence-corrected chi connectivity index (χ3v) is 4.74. The van der Waals surface area contributed by atoms with Crippen LogP contribution in [-0.4, -0.2) is 52.9 Å². The molecular formula is C18H26N2O4. The van der Waals surface area contributed by atoms with Crippen molar-refractivity contribution in [3.05, 3.63) is 35.9 Å². The van der Waals surface area contributed by atoms with E-state index in [-0.39, 0.29) is 25.4 Å². The van der Waals surface area contributed by atoms with Crippen LogP contribution in [0.2, 0.25) is 0 Å². The molecule has 2 atom stereocenters. The minimum absolute atomic E-state index is 0.0388. The Hall–Kier alpha value is -2.08. The SMILES string of the molecule is CCCCNC(=O)N1CC[C@](Cc2ccccc2)(C(=O)O)[C@H](O)C1. The Kier molecular flexibility index (Phi) is 6.20. The number of rotatable bonds is 6. The standard InChI is InChI=1S/C18H26N2O4/c1-2-3-10-19-17(24)20-11-9-18(16(22)23,15(21)13-20)12-14-7-5-4-6-8-14/h4-8,15,21H,2-3,9-13H2,1H3,(H,19,24)(H,22,23)/t15-,18-/m1/s1. The number of carbonyl (C=O) groups excluding carboxylic acids is 1. The molecule has 0 saturated carbocycles. The average molecular weight is 334 g/mol. The maximum absolute atomic E-state index is 12.1. The number of aliphatic hydroxyl groups excluding tert-OH is 1. The van der Waals surface area contributed by atoms with Crippen LogP contribution in [0.15, 0.2) is 30.3 Å². The summed E-state index contributed by atoms with van der Waals surface area (Å²) in [6.07, 6.45) is 1.29. The second kappa shape index (κ2) is 8.15. The molecule has 1 heterocycles. The summed E-state index contributed by atoms with van der Waals surface area (Å²) in [5.41, 5.74) is -0.374. The van der Waals surface area contributed by atoms with Crippen LogP contribution in [0.25, 0.3) is 0 Å². The van der Waals surface area contributed by atoms with Crippen LogP contribution >= 0.6 is 0 Å². The van der Waals surface area contributed by atoms with Crippen molar-refractivity contribution in [3.8, 4) is 0 Å². The van der Waals surface area contributed by atoms with Gasteiger partial charge in [0.1, 0.15) is 5.41 Å². The van der Waals surface area contributed by atoms with E-state index < -0.39 is 17.5 Å². The molecule has 0 aliphatic carbocycles. The molecule has 0 unspecified atom stereocenters. The van der Waals surface area contributed by atoms with Gasteiger partial charge in [-0.1, -0.05) is 43.7 Å². The van der Waals surface area contributed by atoms with Gasteiger partial charge in [0.05, 0.1) is 6.10 Å². The number of aliphatic carboxylic acids is 1. The molecule has 1 fully saturated rings. The van der Waals surface area contributed by atoms with E-state index in [1.54, 1.807) is 0 Å². The zero-order valence-corrected chi connectivity index (χ0v) is 14.1. The summed E-state index contributed by atoms with van der Waals surface area (Å²) >= 11 is 0. The lowest BCUT2D eigenvalue weighted by Crippen LogP contribution is -2.58. The average Bonchev–Trinajstić information content (AvgIpc) is 2.57. The number of urea groups is 1. The van der Waals surface area contributed by atoms with E-state index in [1.165, 1.54) is 4.90 Å². The molecular weight excluding hydrogens is 308 g/mol. The van der Waals surface area contributed by atoms with Gasteiger partial charge in [-0.05, 0) is 24.8 Å². The summed E-state index contributed by atoms with van der Waals surface area (Å²) in [6.45, 7) is 3.00. The van der Waals surface area contributed by atoms with E-state index in [2.05, 4.69) is 5.32 Å². The molecule has 6 heteroatoms. The summed E-state index contributed by atoms with van der Waals surface area (Å²) in [6, 6.07) is 9.07. The predicted molar refractivity (Wildman–Crippen MR) is 90.7 cm³/mol. The minimum atomic E-state index is -1.25. The Morgan fingerprint density at radius 1 is 1.33 bits per heavy atom. The van der Waals surface area contributed by atoms with Gasteiger partial charge in [0.2, 0.25) is 0 Å². The number of hydrogen-bond donors (Lipinski definition) is 3. The fraction of sp³-hybridized carbons (Fsp3) is 0.556. The zero-order valence-electron chi connectivity index (χ0n) is 14.1. The van der Waals surface area contributed by atoms with E-state index >= 15 is 0 Å². The highest BCUT2D eigenvalue weighted by atomic mass is 16.4. The lowest BCUT2D eigenvalue weighted by atomic mass is 9.72. The van der Waals surface area contributed by atoms with Gasteiger partial charge in [-0.2, -0.15) is 0 Å². The molecule has 2 rings (SSSR count). The number of likely N-dealkylation sites (tertiary alicyclic amines) is 1. The highest BCUT2D eigenvalue weighted by Crippen LogP contribution is 2.36. The van der Waals surface area contributed by atoms with E-state index in [4.69, 9.17) is 0 Å². The van der Waals surface area contributed by atoms with Gasteiger partial charge in [0.25, 0.3) is 0 Å². The molecule has 3 N–H and O–H groups in total. The molecule has 1 saturated heterocycles. The number of carbonyl (C=O) groups is 2. The molecule has 1 aliphatic heterocycles. The number of benzene rings is 1. The second-order valence-corrected chi connectivity index (χ2v) is 6.42. The summed E-state index contributed by atoms with van der Waals surface area (Å²) < 4.78 is 0. The van der Waals surface area contributed by atoms with Crippen molar-refractivity contribution in [3.63, 3.8) is 0 Å². The van der Waals surface area contributed by atoms with Crippen LogP contribution < -0.4 is 5.32 Å². The second-order valence-electron chi connectivity index (χ2n) is 6.42. The maximum Gasteiger partial charge on any atom is 0.317 e. The van der Waals surface area contributed by atoms with Crippen LogP contribution in [0, 0.1) is 5.41 Å². The predicted octanol–water partition coefficient (Wildman–Crippen LogP) is 1.88. The molecule has 0 aromatic heterocycles. The number of nitrogens with zero attached hydrogens (tertiary/aromatic N) is 1. The molecule has 1 aromatic carbocycles. The zero-order chi connectivity index (χ0) is 17.6. The number of nitrogens with one attached hydrogen (secondary N) is 1. The lowest BCUT2D eigenvalue weighted by molar-refractivity contribution is -0.161. The Balaban J connectivity index is 2.05. The largest absolute Gasteiger partial charge is 0.481 e. The van der Waals surface area contributed by atoms with Crippen molar-refractivity contribution in [1.82, 2.24) is 10.2 Å². The molecule has 0 radical (unpaired) electrons. The number of hydrogen-bond acceptors (Lipinski definition) is 3. The molecule has 0 spiro atoms. The number of amides is 2. The summed E-state index contributed by atoms with van der Waals surface area (Å²) in [5.74, 6) is -1.01. The Labute approximate surface area is 142 Å². The Morgan fingerprint density at radius 3 is 2.62 bits per heavy atom. The molecule has 6 nitrogen and oxygen atoms in total. The summed E-state index contributed by atoms with van der Waals surface area (Å²) in [4.78, 5) is 25.5. The first-order chi connectivity index (χ1) is 11.5. The smallest absolute Gasteiger partial charge is 0.317 e. The molecule has 1 aromatic rings. The van der Waals surface area contributed by atoms with Crippen molar-refractivity contribution >= 4 is 12.0 Å². The number of piperidine rings is 1.